The van der Waals surface area contributed by atoms with E-state index in [0.717, 1.165) is 5.75 Å². The molecule has 1 aromatic heterocycles. The Balaban J connectivity index is 1.96. The lowest BCUT2D eigenvalue weighted by Crippen LogP contribution is -2.13. The van der Waals surface area contributed by atoms with Crippen molar-refractivity contribution < 1.29 is 14.6 Å². The van der Waals surface area contributed by atoms with Gasteiger partial charge in [-0.3, -0.25) is 0 Å². The number of hydrogen-bond donors (Lipinski definition) is 1. The molecule has 0 saturated carbocycles. The molecular formula is C17H23N3O3. The van der Waals surface area contributed by atoms with Crippen LogP contribution in [0, 0.1) is 0 Å². The summed E-state index contributed by atoms with van der Waals surface area (Å²) in [4.78, 5) is 11.1. The summed E-state index contributed by atoms with van der Waals surface area (Å²) in [5.74, 6) is -0.263. The summed E-state index contributed by atoms with van der Waals surface area (Å²) >= 11 is 0. The van der Waals surface area contributed by atoms with Crippen LogP contribution in [0.4, 0.5) is 0 Å². The molecule has 0 aliphatic heterocycles. The third kappa shape index (κ3) is 4.09. The topological polar surface area (TPSA) is 77.2 Å². The Morgan fingerprint density at radius 1 is 1.26 bits per heavy atom. The van der Waals surface area contributed by atoms with Crippen LogP contribution >= 0.6 is 0 Å². The molecule has 1 heterocycles. The number of carboxylic acids is 1. The number of carbonyl (C=O) groups is 1. The standard InChI is InChI=1S/C17H23N3O3/c1-5-14-15(16(21)22)18-19-20(14)10-11-23-13-8-6-12(7-9-13)17(2,3)4/h6-9H,5,10-11H2,1-4H3,(H,21,22). The van der Waals surface area contributed by atoms with Crippen molar-refractivity contribution in [3.63, 3.8) is 0 Å². The summed E-state index contributed by atoms with van der Waals surface area (Å²) in [5, 5.41) is 16.7. The molecule has 6 heteroatoms. The van der Waals surface area contributed by atoms with Crippen LogP contribution < -0.4 is 4.74 Å². The average molecular weight is 317 g/mol. The fraction of sp³-hybridized carbons (Fsp3) is 0.471. The molecule has 0 unspecified atom stereocenters. The molecule has 6 nitrogen and oxygen atoms in total. The Labute approximate surface area is 136 Å². The molecular weight excluding hydrogens is 294 g/mol. The second kappa shape index (κ2) is 6.81. The Bertz CT molecular complexity index is 669. The number of aromatic carboxylic acids is 1. The van der Waals surface area contributed by atoms with E-state index in [-0.39, 0.29) is 11.1 Å². The van der Waals surface area contributed by atoms with Crippen molar-refractivity contribution in [2.45, 2.75) is 46.1 Å². The summed E-state index contributed by atoms with van der Waals surface area (Å²) < 4.78 is 7.30. The van der Waals surface area contributed by atoms with E-state index in [0.29, 0.717) is 25.3 Å². The van der Waals surface area contributed by atoms with E-state index in [1.54, 1.807) is 4.68 Å². The number of benzene rings is 1. The fourth-order valence-electron chi connectivity index (χ4n) is 2.33. The fourth-order valence-corrected chi connectivity index (χ4v) is 2.33. The van der Waals surface area contributed by atoms with Crippen molar-refractivity contribution in [3.8, 4) is 5.75 Å². The van der Waals surface area contributed by atoms with Gasteiger partial charge in [0.1, 0.15) is 12.4 Å². The lowest BCUT2D eigenvalue weighted by atomic mass is 9.87. The third-order valence-corrected chi connectivity index (χ3v) is 3.67. The van der Waals surface area contributed by atoms with Gasteiger partial charge >= 0.3 is 5.97 Å². The van der Waals surface area contributed by atoms with Gasteiger partial charge in [0.2, 0.25) is 0 Å². The average Bonchev–Trinajstić information content (AvgIpc) is 2.90. The lowest BCUT2D eigenvalue weighted by molar-refractivity contribution is 0.0689. The molecule has 0 atom stereocenters. The van der Waals surface area contributed by atoms with E-state index in [2.05, 4.69) is 43.2 Å². The minimum Gasteiger partial charge on any atom is -0.492 e. The smallest absolute Gasteiger partial charge is 0.358 e. The minimum absolute atomic E-state index is 0.0158. The number of nitrogens with zero attached hydrogens (tertiary/aromatic N) is 3. The first-order valence-electron chi connectivity index (χ1n) is 7.72. The Kier molecular flexibility index (Phi) is 5.03. The van der Waals surface area contributed by atoms with Gasteiger partial charge in [-0.15, -0.1) is 5.10 Å². The molecule has 0 saturated heterocycles. The summed E-state index contributed by atoms with van der Waals surface area (Å²) in [6.07, 6.45) is 0.564. The number of hydrogen-bond acceptors (Lipinski definition) is 4. The highest BCUT2D eigenvalue weighted by Gasteiger charge is 2.17. The van der Waals surface area contributed by atoms with Gasteiger partial charge in [-0.2, -0.15) is 0 Å². The van der Waals surface area contributed by atoms with Crippen LogP contribution in [0.15, 0.2) is 24.3 Å². The van der Waals surface area contributed by atoms with E-state index >= 15 is 0 Å². The van der Waals surface area contributed by atoms with Gasteiger partial charge < -0.3 is 9.84 Å². The summed E-state index contributed by atoms with van der Waals surface area (Å²) in [6, 6.07) is 8.02. The van der Waals surface area contributed by atoms with Crippen LogP contribution in [0.25, 0.3) is 0 Å². The zero-order chi connectivity index (χ0) is 17.0. The SMILES string of the molecule is CCc1c(C(=O)O)nnn1CCOc1ccc(C(C)(C)C)cc1. The van der Waals surface area contributed by atoms with Crippen molar-refractivity contribution in [1.29, 1.82) is 0 Å². The summed E-state index contributed by atoms with van der Waals surface area (Å²) in [6.45, 7) is 9.25. The predicted octanol–water partition coefficient (Wildman–Crippen LogP) is 2.92. The molecule has 1 N–H and O–H groups in total. The van der Waals surface area contributed by atoms with Crippen molar-refractivity contribution in [3.05, 3.63) is 41.2 Å². The van der Waals surface area contributed by atoms with Crippen molar-refractivity contribution in [2.24, 2.45) is 0 Å². The van der Waals surface area contributed by atoms with Crippen LogP contribution in [0.1, 0.15) is 49.4 Å². The molecule has 124 valence electrons. The highest BCUT2D eigenvalue weighted by atomic mass is 16.5. The zero-order valence-electron chi connectivity index (χ0n) is 14.0. The number of carboxylic acid groups (broad SMARTS) is 1. The van der Waals surface area contributed by atoms with Gasteiger partial charge in [-0.05, 0) is 29.5 Å². The van der Waals surface area contributed by atoms with E-state index in [1.807, 2.05) is 19.1 Å². The van der Waals surface area contributed by atoms with Crippen LogP contribution in [0.2, 0.25) is 0 Å². The maximum atomic E-state index is 11.1. The normalized spacial score (nSPS) is 11.5. The summed E-state index contributed by atoms with van der Waals surface area (Å²) in [7, 11) is 0. The molecule has 1 aromatic carbocycles. The molecule has 23 heavy (non-hydrogen) atoms. The Hall–Kier alpha value is -2.37. The molecule has 2 aromatic rings. The van der Waals surface area contributed by atoms with Crippen LogP contribution in [-0.2, 0) is 18.4 Å². The van der Waals surface area contributed by atoms with Crippen LogP contribution in [0.5, 0.6) is 5.75 Å². The number of aromatic nitrogens is 3. The van der Waals surface area contributed by atoms with E-state index < -0.39 is 5.97 Å². The quantitative estimate of drug-likeness (QED) is 0.886. The highest BCUT2D eigenvalue weighted by molar-refractivity contribution is 5.86. The third-order valence-electron chi connectivity index (χ3n) is 3.67. The first-order chi connectivity index (χ1) is 10.8. The maximum Gasteiger partial charge on any atom is 0.358 e. The second-order valence-electron chi connectivity index (χ2n) is 6.39. The molecule has 0 spiro atoms. The summed E-state index contributed by atoms with van der Waals surface area (Å²) in [5.41, 5.74) is 1.99. The minimum atomic E-state index is -1.05. The highest BCUT2D eigenvalue weighted by Crippen LogP contribution is 2.24. The predicted molar refractivity (Wildman–Crippen MR) is 87.0 cm³/mol. The van der Waals surface area contributed by atoms with Gasteiger partial charge in [0, 0.05) is 0 Å². The van der Waals surface area contributed by atoms with Gasteiger partial charge in [-0.25, -0.2) is 9.48 Å². The Morgan fingerprint density at radius 3 is 2.43 bits per heavy atom. The first-order valence-corrected chi connectivity index (χ1v) is 7.72. The number of ether oxygens (including phenoxy) is 1. The monoisotopic (exact) mass is 317 g/mol. The van der Waals surface area contributed by atoms with Crippen LogP contribution in [-0.4, -0.2) is 32.7 Å². The largest absolute Gasteiger partial charge is 0.492 e. The molecule has 0 fully saturated rings. The van der Waals surface area contributed by atoms with Gasteiger partial charge in [0.05, 0.1) is 12.2 Å². The van der Waals surface area contributed by atoms with Crippen LogP contribution in [0.3, 0.4) is 0 Å². The van der Waals surface area contributed by atoms with E-state index in [4.69, 9.17) is 9.84 Å². The lowest BCUT2D eigenvalue weighted by Gasteiger charge is -2.19. The van der Waals surface area contributed by atoms with Gasteiger partial charge in [0.15, 0.2) is 5.69 Å². The zero-order valence-corrected chi connectivity index (χ0v) is 14.0. The molecule has 0 bridgehead atoms. The second-order valence-corrected chi connectivity index (χ2v) is 6.39. The first kappa shape index (κ1) is 17.0. The van der Waals surface area contributed by atoms with E-state index in [9.17, 15) is 4.79 Å². The number of rotatable bonds is 6. The Morgan fingerprint density at radius 2 is 1.91 bits per heavy atom. The van der Waals surface area contributed by atoms with Crippen molar-refractivity contribution in [2.75, 3.05) is 6.61 Å². The van der Waals surface area contributed by atoms with Gasteiger partial charge in [-0.1, -0.05) is 45.0 Å². The van der Waals surface area contributed by atoms with Crippen molar-refractivity contribution in [1.82, 2.24) is 15.0 Å². The molecule has 0 amide bonds. The molecule has 0 aliphatic carbocycles. The van der Waals surface area contributed by atoms with Crippen molar-refractivity contribution >= 4 is 5.97 Å². The molecule has 0 aliphatic rings. The van der Waals surface area contributed by atoms with Gasteiger partial charge in [0.25, 0.3) is 0 Å². The van der Waals surface area contributed by atoms with E-state index in [1.165, 1.54) is 5.56 Å². The maximum absolute atomic E-state index is 11.1. The molecule has 0 radical (unpaired) electrons. The molecule has 2 rings (SSSR count).